The van der Waals surface area contributed by atoms with Crippen LogP contribution >= 0.6 is 11.3 Å². The van der Waals surface area contributed by atoms with Crippen molar-refractivity contribution in [2.75, 3.05) is 21.3 Å². The minimum absolute atomic E-state index is 0.325. The van der Waals surface area contributed by atoms with Gasteiger partial charge in [-0.15, -0.1) is 6.42 Å². The Labute approximate surface area is 173 Å². The van der Waals surface area contributed by atoms with Crippen molar-refractivity contribution in [3.05, 3.63) is 45.8 Å². The predicted octanol–water partition coefficient (Wildman–Crippen LogP) is 3.72. The van der Waals surface area contributed by atoms with E-state index >= 15 is 0 Å². The van der Waals surface area contributed by atoms with Crippen LogP contribution in [0.2, 0.25) is 0 Å². The van der Waals surface area contributed by atoms with Gasteiger partial charge in [0.2, 0.25) is 5.75 Å². The zero-order valence-electron chi connectivity index (χ0n) is 17.0. The molecule has 1 amide bonds. The van der Waals surface area contributed by atoms with Gasteiger partial charge in [0.15, 0.2) is 16.3 Å². The summed E-state index contributed by atoms with van der Waals surface area (Å²) in [7, 11) is 4.51. The molecule has 0 spiro atoms. The molecule has 0 N–H and O–H groups in total. The van der Waals surface area contributed by atoms with Crippen molar-refractivity contribution < 1.29 is 19.0 Å². The number of methoxy groups -OCH3 is 3. The molecule has 150 valence electrons. The predicted molar refractivity (Wildman–Crippen MR) is 114 cm³/mol. The van der Waals surface area contributed by atoms with Crippen molar-refractivity contribution in [1.82, 2.24) is 4.57 Å². The quantitative estimate of drug-likeness (QED) is 0.602. The molecular weight excluding hydrogens is 388 g/mol. The number of carbonyl (C=O) groups excluding carboxylic acids is 1. The topological polar surface area (TPSA) is 62.1 Å². The van der Waals surface area contributed by atoms with Crippen LogP contribution in [0.3, 0.4) is 0 Å². The lowest BCUT2D eigenvalue weighted by Crippen LogP contribution is -2.17. The maximum absolute atomic E-state index is 13.0. The van der Waals surface area contributed by atoms with Crippen molar-refractivity contribution in [2.45, 2.75) is 20.4 Å². The van der Waals surface area contributed by atoms with E-state index < -0.39 is 5.91 Å². The zero-order valence-corrected chi connectivity index (χ0v) is 17.8. The van der Waals surface area contributed by atoms with E-state index in [0.29, 0.717) is 34.2 Å². The van der Waals surface area contributed by atoms with E-state index in [2.05, 4.69) is 23.0 Å². The van der Waals surface area contributed by atoms with E-state index in [9.17, 15) is 4.79 Å². The molecule has 29 heavy (non-hydrogen) atoms. The van der Waals surface area contributed by atoms with Crippen LogP contribution in [-0.4, -0.2) is 31.8 Å². The lowest BCUT2D eigenvalue weighted by atomic mass is 10.1. The summed E-state index contributed by atoms with van der Waals surface area (Å²) in [4.78, 5) is 17.9. The maximum Gasteiger partial charge on any atom is 0.279 e. The van der Waals surface area contributed by atoms with Crippen LogP contribution in [0.4, 0.5) is 0 Å². The minimum atomic E-state index is -0.420. The molecule has 0 aliphatic carbocycles. The number of carbonyl (C=O) groups is 1. The van der Waals surface area contributed by atoms with Crippen molar-refractivity contribution >= 4 is 27.5 Å². The Balaban J connectivity index is 2.19. The smallest absolute Gasteiger partial charge is 0.279 e. The van der Waals surface area contributed by atoms with Crippen LogP contribution in [0.25, 0.3) is 10.2 Å². The van der Waals surface area contributed by atoms with E-state index in [0.717, 1.165) is 21.3 Å². The van der Waals surface area contributed by atoms with Crippen LogP contribution in [0.15, 0.2) is 29.3 Å². The highest BCUT2D eigenvalue weighted by atomic mass is 32.1. The molecule has 0 saturated carbocycles. The largest absolute Gasteiger partial charge is 0.493 e. The monoisotopic (exact) mass is 410 g/mol. The summed E-state index contributed by atoms with van der Waals surface area (Å²) < 4.78 is 18.9. The number of ether oxygens (including phenoxy) is 3. The molecule has 0 fully saturated rings. The molecule has 0 atom stereocenters. The first-order valence-electron chi connectivity index (χ1n) is 8.86. The van der Waals surface area contributed by atoms with Crippen LogP contribution in [0, 0.1) is 26.2 Å². The molecule has 1 heterocycles. The Morgan fingerprint density at radius 1 is 1.10 bits per heavy atom. The highest BCUT2D eigenvalue weighted by Crippen LogP contribution is 2.38. The number of aromatic nitrogens is 1. The average molecular weight is 410 g/mol. The lowest BCUT2D eigenvalue weighted by molar-refractivity contribution is 0.0997. The van der Waals surface area contributed by atoms with Crippen molar-refractivity contribution in [3.8, 4) is 29.6 Å². The first kappa shape index (κ1) is 20.5. The standard InChI is InChI=1S/C22H22N2O4S/c1-7-8-24-19-14(3)9-13(2)10-18(19)29-22(24)23-21(25)15-11-16(26-4)20(28-6)17(12-15)27-5/h1,9-12H,8H2,2-6H3. The number of benzene rings is 2. The SMILES string of the molecule is C#CCn1c(=NC(=O)c2cc(OC)c(OC)c(OC)c2)sc2cc(C)cc(C)c21. The number of fused-ring (bicyclic) bond motifs is 1. The second-order valence-electron chi connectivity index (χ2n) is 6.43. The molecule has 3 aromatic rings. The summed E-state index contributed by atoms with van der Waals surface area (Å²) in [5.74, 6) is 3.44. The second kappa shape index (κ2) is 8.41. The van der Waals surface area contributed by atoms with Crippen LogP contribution in [0.1, 0.15) is 21.5 Å². The van der Waals surface area contributed by atoms with Gasteiger partial charge in [0.1, 0.15) is 0 Å². The van der Waals surface area contributed by atoms with Gasteiger partial charge in [-0.05, 0) is 43.2 Å². The molecule has 0 radical (unpaired) electrons. The molecular formula is C22H22N2O4S. The number of aryl methyl sites for hydroxylation is 2. The Kier molecular flexibility index (Phi) is 5.95. The van der Waals surface area contributed by atoms with Crippen LogP contribution in [0.5, 0.6) is 17.2 Å². The van der Waals surface area contributed by atoms with E-state index in [4.69, 9.17) is 20.6 Å². The molecule has 0 unspecified atom stereocenters. The number of hydrogen-bond acceptors (Lipinski definition) is 5. The van der Waals surface area contributed by atoms with Gasteiger partial charge in [-0.2, -0.15) is 4.99 Å². The highest BCUT2D eigenvalue weighted by molar-refractivity contribution is 7.16. The van der Waals surface area contributed by atoms with E-state index in [1.165, 1.54) is 32.7 Å². The fourth-order valence-electron chi connectivity index (χ4n) is 3.27. The Morgan fingerprint density at radius 2 is 1.76 bits per heavy atom. The number of hydrogen-bond donors (Lipinski definition) is 0. The third-order valence-corrected chi connectivity index (χ3v) is 5.50. The zero-order chi connectivity index (χ0) is 21.1. The fraction of sp³-hybridized carbons (Fsp3) is 0.273. The molecule has 0 aliphatic heterocycles. The number of rotatable bonds is 5. The first-order valence-corrected chi connectivity index (χ1v) is 9.68. The van der Waals surface area contributed by atoms with Gasteiger partial charge in [-0.3, -0.25) is 4.79 Å². The first-order chi connectivity index (χ1) is 13.9. The Bertz CT molecular complexity index is 1170. The van der Waals surface area contributed by atoms with Crippen molar-refractivity contribution in [1.29, 1.82) is 0 Å². The summed E-state index contributed by atoms with van der Waals surface area (Å²) in [6.07, 6.45) is 5.57. The summed E-state index contributed by atoms with van der Waals surface area (Å²) in [5, 5.41) is 0. The number of nitrogens with zero attached hydrogens (tertiary/aromatic N) is 2. The van der Waals surface area contributed by atoms with Gasteiger partial charge in [0.25, 0.3) is 5.91 Å². The highest BCUT2D eigenvalue weighted by Gasteiger charge is 2.17. The molecule has 3 rings (SSSR count). The summed E-state index contributed by atoms with van der Waals surface area (Å²) >= 11 is 1.44. The summed E-state index contributed by atoms with van der Waals surface area (Å²) in [5.41, 5.74) is 3.56. The van der Waals surface area contributed by atoms with Crippen LogP contribution < -0.4 is 19.0 Å². The van der Waals surface area contributed by atoms with Gasteiger partial charge in [0, 0.05) is 5.56 Å². The number of terminal acetylenes is 1. The van der Waals surface area contributed by atoms with Crippen LogP contribution in [-0.2, 0) is 6.54 Å². The second-order valence-corrected chi connectivity index (χ2v) is 7.44. The number of amides is 1. The van der Waals surface area contributed by atoms with Gasteiger partial charge in [-0.25, -0.2) is 0 Å². The van der Waals surface area contributed by atoms with Crippen molar-refractivity contribution in [2.24, 2.45) is 4.99 Å². The third kappa shape index (κ3) is 3.84. The molecule has 6 nitrogen and oxygen atoms in total. The normalized spacial score (nSPS) is 11.4. The lowest BCUT2D eigenvalue weighted by Gasteiger charge is -2.12. The van der Waals surface area contributed by atoms with Gasteiger partial charge in [-0.1, -0.05) is 23.3 Å². The summed E-state index contributed by atoms with van der Waals surface area (Å²) in [6.45, 7) is 4.39. The van der Waals surface area contributed by atoms with E-state index in [1.54, 1.807) is 12.1 Å². The number of thiazole rings is 1. The molecule has 0 bridgehead atoms. The van der Waals surface area contributed by atoms with Gasteiger partial charge in [0.05, 0.1) is 38.1 Å². The maximum atomic E-state index is 13.0. The molecule has 0 saturated heterocycles. The van der Waals surface area contributed by atoms with E-state index in [1.807, 2.05) is 18.4 Å². The molecule has 7 heteroatoms. The third-order valence-electron chi connectivity index (χ3n) is 4.47. The Hall–Kier alpha value is -3.24. The molecule has 1 aromatic heterocycles. The van der Waals surface area contributed by atoms with Gasteiger partial charge < -0.3 is 18.8 Å². The average Bonchev–Trinajstić information content (AvgIpc) is 3.03. The van der Waals surface area contributed by atoms with E-state index in [-0.39, 0.29) is 0 Å². The van der Waals surface area contributed by atoms with Gasteiger partial charge >= 0.3 is 0 Å². The van der Waals surface area contributed by atoms with Crippen molar-refractivity contribution in [3.63, 3.8) is 0 Å². The molecule has 2 aromatic carbocycles. The summed E-state index contributed by atoms with van der Waals surface area (Å²) in [6, 6.07) is 7.33. The molecule has 0 aliphatic rings. The minimum Gasteiger partial charge on any atom is -0.493 e. The fourth-order valence-corrected chi connectivity index (χ4v) is 4.47. The Morgan fingerprint density at radius 3 is 2.31 bits per heavy atom.